The van der Waals surface area contributed by atoms with Gasteiger partial charge in [0.2, 0.25) is 0 Å². The Bertz CT molecular complexity index is 1410. The number of nitrogens with zero attached hydrogens (tertiary/aromatic N) is 1. The third kappa shape index (κ3) is 2.96. The Morgan fingerprint density at radius 2 is 1.31 bits per heavy atom. The van der Waals surface area contributed by atoms with Gasteiger partial charge in [-0.05, 0) is 41.8 Å². The monoisotopic (exact) mass is 397 g/mol. The van der Waals surface area contributed by atoms with E-state index in [2.05, 4.69) is 0 Å². The first-order valence-corrected chi connectivity index (χ1v) is 9.66. The summed E-state index contributed by atoms with van der Waals surface area (Å²) in [5.41, 5.74) is 1.28. The van der Waals surface area contributed by atoms with Crippen LogP contribution in [0.3, 0.4) is 0 Å². The zero-order valence-corrected chi connectivity index (χ0v) is 16.1. The number of halogens is 1. The van der Waals surface area contributed by atoms with Gasteiger partial charge in [0.1, 0.15) is 16.5 Å². The molecular weight excluding hydrogens is 382 g/mol. The van der Waals surface area contributed by atoms with Crippen LogP contribution >= 0.6 is 11.6 Å². The fourth-order valence-corrected chi connectivity index (χ4v) is 3.89. The fraction of sp³-hybridized carbons (Fsp3) is 0. The summed E-state index contributed by atoms with van der Waals surface area (Å²) in [6.07, 6.45) is 0. The maximum Gasteiger partial charge on any atom is 0.263 e. The minimum absolute atomic E-state index is 0.113. The van der Waals surface area contributed by atoms with Gasteiger partial charge in [0.15, 0.2) is 0 Å². The number of benzene rings is 4. The van der Waals surface area contributed by atoms with Crippen LogP contribution in [0.1, 0.15) is 0 Å². The zero-order chi connectivity index (χ0) is 19.8. The lowest BCUT2D eigenvalue weighted by Crippen LogP contribution is -2.19. The first-order valence-electron chi connectivity index (χ1n) is 9.28. The van der Waals surface area contributed by atoms with Crippen molar-refractivity contribution in [2.75, 3.05) is 0 Å². The van der Waals surface area contributed by atoms with Gasteiger partial charge >= 0.3 is 0 Å². The molecule has 0 aliphatic carbocycles. The number of hydrogen-bond acceptors (Lipinski definition) is 2. The number of aromatic nitrogens is 1. The van der Waals surface area contributed by atoms with Crippen LogP contribution in [0.4, 0.5) is 0 Å². The molecule has 4 aromatic carbocycles. The van der Waals surface area contributed by atoms with Gasteiger partial charge in [-0.3, -0.25) is 9.36 Å². The number of hydrogen-bond donors (Lipinski definition) is 0. The maximum absolute atomic E-state index is 13.4. The van der Waals surface area contributed by atoms with Crippen LogP contribution in [0.2, 0.25) is 5.02 Å². The summed E-state index contributed by atoms with van der Waals surface area (Å²) in [4.78, 5) is 13.4. The molecule has 4 heteroatoms. The molecule has 0 radical (unpaired) electrons. The minimum atomic E-state index is -0.113. The van der Waals surface area contributed by atoms with Crippen LogP contribution in [0.5, 0.6) is 11.5 Å². The third-order valence-corrected chi connectivity index (χ3v) is 5.33. The molecule has 140 valence electrons. The van der Waals surface area contributed by atoms with Gasteiger partial charge in [0, 0.05) is 10.8 Å². The highest BCUT2D eigenvalue weighted by Gasteiger charge is 2.16. The predicted octanol–water partition coefficient (Wildman–Crippen LogP) is 6.59. The molecule has 0 aliphatic heterocycles. The Morgan fingerprint density at radius 1 is 0.655 bits per heavy atom. The molecule has 5 aromatic rings. The molecule has 29 heavy (non-hydrogen) atoms. The van der Waals surface area contributed by atoms with Crippen molar-refractivity contribution in [2.45, 2.75) is 0 Å². The quantitative estimate of drug-likeness (QED) is 0.321. The van der Waals surface area contributed by atoms with E-state index in [0.29, 0.717) is 27.6 Å². The minimum Gasteiger partial charge on any atom is -0.456 e. The van der Waals surface area contributed by atoms with Gasteiger partial charge < -0.3 is 4.74 Å². The third-order valence-electron chi connectivity index (χ3n) is 4.95. The van der Waals surface area contributed by atoms with Crippen LogP contribution in [0.15, 0.2) is 102 Å². The standard InChI is InChI=1S/C25H16ClNO2/c26-24-22(15-8-16-23(24)29-17-9-2-1-3-10-17)27-21-14-7-6-12-19(21)18-11-4-5-13-20(18)25(27)28/h1-16H. The van der Waals surface area contributed by atoms with Gasteiger partial charge in [-0.25, -0.2) is 0 Å². The van der Waals surface area contributed by atoms with E-state index in [1.165, 1.54) is 0 Å². The maximum atomic E-state index is 13.4. The average Bonchev–Trinajstić information content (AvgIpc) is 2.77. The van der Waals surface area contributed by atoms with Gasteiger partial charge in [-0.2, -0.15) is 0 Å². The topological polar surface area (TPSA) is 31.2 Å². The van der Waals surface area contributed by atoms with Gasteiger partial charge in [-0.15, -0.1) is 0 Å². The number of pyridine rings is 1. The highest BCUT2D eigenvalue weighted by Crippen LogP contribution is 2.35. The fourth-order valence-electron chi connectivity index (χ4n) is 3.64. The van der Waals surface area contributed by atoms with Crippen LogP contribution in [0.25, 0.3) is 27.4 Å². The number of fused-ring (bicyclic) bond motifs is 3. The van der Waals surface area contributed by atoms with Gasteiger partial charge in [0.05, 0.1) is 11.2 Å². The van der Waals surface area contributed by atoms with E-state index >= 15 is 0 Å². The molecule has 1 aromatic heterocycles. The first kappa shape index (κ1) is 17.5. The Labute approximate surface area is 172 Å². The lowest BCUT2D eigenvalue weighted by Gasteiger charge is -2.16. The van der Waals surface area contributed by atoms with Crippen molar-refractivity contribution in [3.05, 3.63) is 112 Å². The van der Waals surface area contributed by atoms with Crippen molar-refractivity contribution in [3.8, 4) is 17.2 Å². The molecule has 0 spiro atoms. The zero-order valence-electron chi connectivity index (χ0n) is 15.4. The Kier molecular flexibility index (Phi) is 4.30. The van der Waals surface area contributed by atoms with E-state index < -0.39 is 0 Å². The summed E-state index contributed by atoms with van der Waals surface area (Å²) in [5, 5.41) is 2.96. The van der Waals surface area contributed by atoms with Crippen LogP contribution in [-0.2, 0) is 0 Å². The second-order valence-corrected chi connectivity index (χ2v) is 7.09. The lowest BCUT2D eigenvalue weighted by molar-refractivity contribution is 0.482. The highest BCUT2D eigenvalue weighted by molar-refractivity contribution is 6.34. The Morgan fingerprint density at radius 3 is 2.10 bits per heavy atom. The van der Waals surface area contributed by atoms with Gasteiger partial charge in [0.25, 0.3) is 5.56 Å². The largest absolute Gasteiger partial charge is 0.456 e. The molecule has 3 nitrogen and oxygen atoms in total. The van der Waals surface area contributed by atoms with E-state index in [1.807, 2.05) is 91.0 Å². The van der Waals surface area contributed by atoms with Crippen molar-refractivity contribution < 1.29 is 4.74 Å². The van der Waals surface area contributed by atoms with Crippen molar-refractivity contribution in [1.82, 2.24) is 4.57 Å². The molecule has 0 unspecified atom stereocenters. The Balaban J connectivity index is 1.79. The van der Waals surface area contributed by atoms with Crippen molar-refractivity contribution >= 4 is 33.3 Å². The number of para-hydroxylation sites is 2. The molecule has 5 rings (SSSR count). The number of ether oxygens (including phenoxy) is 1. The molecule has 0 N–H and O–H groups in total. The molecular formula is C25H16ClNO2. The highest BCUT2D eigenvalue weighted by atomic mass is 35.5. The SMILES string of the molecule is O=c1c2ccccc2c2ccccc2n1-c1cccc(Oc2ccccc2)c1Cl. The summed E-state index contributed by atoms with van der Waals surface area (Å²) in [7, 11) is 0. The summed E-state index contributed by atoms with van der Waals surface area (Å²) >= 11 is 6.73. The van der Waals surface area contributed by atoms with E-state index in [1.54, 1.807) is 10.6 Å². The first-order chi connectivity index (χ1) is 14.2. The molecule has 0 amide bonds. The van der Waals surface area contributed by atoms with Crippen molar-refractivity contribution in [1.29, 1.82) is 0 Å². The summed E-state index contributed by atoms with van der Waals surface area (Å²) < 4.78 is 7.63. The second kappa shape index (κ2) is 7.12. The number of rotatable bonds is 3. The second-order valence-electron chi connectivity index (χ2n) is 6.71. The van der Waals surface area contributed by atoms with Crippen LogP contribution < -0.4 is 10.3 Å². The van der Waals surface area contributed by atoms with E-state index in [9.17, 15) is 4.79 Å². The van der Waals surface area contributed by atoms with Crippen LogP contribution in [0, 0.1) is 0 Å². The Hall–Kier alpha value is -3.56. The molecule has 0 saturated carbocycles. The average molecular weight is 398 g/mol. The van der Waals surface area contributed by atoms with Gasteiger partial charge in [-0.1, -0.05) is 72.3 Å². The molecule has 0 atom stereocenters. The molecule has 0 aliphatic rings. The van der Waals surface area contributed by atoms with E-state index in [-0.39, 0.29) is 5.56 Å². The normalized spacial score (nSPS) is 11.1. The predicted molar refractivity (Wildman–Crippen MR) is 119 cm³/mol. The van der Waals surface area contributed by atoms with E-state index in [4.69, 9.17) is 16.3 Å². The summed E-state index contributed by atoms with van der Waals surface area (Å²) in [6.45, 7) is 0. The van der Waals surface area contributed by atoms with E-state index in [0.717, 1.165) is 16.3 Å². The molecule has 0 saturated heterocycles. The lowest BCUT2D eigenvalue weighted by atomic mass is 10.1. The molecule has 0 fully saturated rings. The summed E-state index contributed by atoms with van der Waals surface area (Å²) in [5.74, 6) is 1.18. The molecule has 0 bridgehead atoms. The van der Waals surface area contributed by atoms with Crippen molar-refractivity contribution in [2.24, 2.45) is 0 Å². The summed E-state index contributed by atoms with van der Waals surface area (Å²) in [6, 6.07) is 30.4. The van der Waals surface area contributed by atoms with Crippen molar-refractivity contribution in [3.63, 3.8) is 0 Å². The smallest absolute Gasteiger partial charge is 0.263 e. The molecule has 1 heterocycles. The van der Waals surface area contributed by atoms with Crippen LogP contribution in [-0.4, -0.2) is 4.57 Å².